The third-order valence-electron chi connectivity index (χ3n) is 6.93. The number of hydrogen-bond acceptors (Lipinski definition) is 9. The Hall–Kier alpha value is -2.58. The number of sulfonamides is 1. The highest BCUT2D eigenvalue weighted by molar-refractivity contribution is 7.89. The molecule has 0 aliphatic heterocycles. The summed E-state index contributed by atoms with van der Waals surface area (Å²) < 4.78 is 41.6. The first-order valence-corrected chi connectivity index (χ1v) is 15.9. The summed E-state index contributed by atoms with van der Waals surface area (Å²) in [6.45, 7) is 15.3. The molecule has 1 aliphatic carbocycles. The number of nitrogens with zero attached hydrogens (tertiary/aromatic N) is 5. The predicted octanol–water partition coefficient (Wildman–Crippen LogP) is 2.04. The zero-order valence-corrected chi connectivity index (χ0v) is 26.1. The number of aliphatic hydroxyl groups is 1. The smallest absolute Gasteiger partial charge is 0.272 e. The molecule has 0 aromatic carbocycles. The fourth-order valence-corrected chi connectivity index (χ4v) is 6.50. The molecule has 41 heavy (non-hydrogen) atoms. The third kappa shape index (κ3) is 9.47. The van der Waals surface area contributed by atoms with Crippen LogP contribution in [0.4, 0.5) is 5.69 Å². The van der Waals surface area contributed by atoms with Crippen molar-refractivity contribution in [1.29, 1.82) is 0 Å². The number of allylic oxidation sites excluding steroid dienone is 1. The van der Waals surface area contributed by atoms with Crippen LogP contribution in [0.15, 0.2) is 28.5 Å². The van der Waals surface area contributed by atoms with Crippen LogP contribution in [-0.4, -0.2) is 116 Å². The minimum atomic E-state index is -3.67. The molecule has 13 heteroatoms. The third-order valence-corrected chi connectivity index (χ3v) is 9.18. The topological polar surface area (TPSA) is 139 Å². The minimum absolute atomic E-state index is 0.0235. The number of aliphatic hydroxyl groups excluding tert-OH is 1. The number of hydrogen-bond donors (Lipinski definition) is 2. The maximum absolute atomic E-state index is 13.7. The Kier molecular flexibility index (Phi) is 14.7. The molecule has 1 heterocycles. The Balaban J connectivity index is 2.18. The molecule has 0 bridgehead atoms. The largest absolute Gasteiger partial charge is 0.494 e. The summed E-state index contributed by atoms with van der Waals surface area (Å²) in [4.78, 5) is 19.4. The van der Waals surface area contributed by atoms with Crippen molar-refractivity contribution in [2.45, 2.75) is 52.2 Å². The first-order valence-electron chi connectivity index (χ1n) is 14.4. The number of nitrogens with one attached hydrogen (secondary N) is 1. The Morgan fingerprint density at radius 1 is 1.22 bits per heavy atom. The van der Waals surface area contributed by atoms with E-state index in [0.717, 1.165) is 13.0 Å². The summed E-state index contributed by atoms with van der Waals surface area (Å²) in [6.07, 6.45) is 5.31. The lowest BCUT2D eigenvalue weighted by molar-refractivity contribution is 0.0739. The molecule has 0 saturated carbocycles. The number of aliphatic imine (C=N–C) groups is 1. The van der Waals surface area contributed by atoms with Gasteiger partial charge in [-0.2, -0.15) is 5.10 Å². The van der Waals surface area contributed by atoms with Gasteiger partial charge < -0.3 is 24.8 Å². The summed E-state index contributed by atoms with van der Waals surface area (Å²) in [6, 6.07) is 0. The number of carbonyl (C=O) groups is 1. The maximum Gasteiger partial charge on any atom is 0.272 e. The quantitative estimate of drug-likeness (QED) is 0.172. The van der Waals surface area contributed by atoms with Gasteiger partial charge >= 0.3 is 0 Å². The van der Waals surface area contributed by atoms with Crippen LogP contribution in [0, 0.1) is 0 Å². The van der Waals surface area contributed by atoms with Crippen LogP contribution in [0.25, 0.3) is 0 Å². The lowest BCUT2D eigenvalue weighted by Gasteiger charge is -2.30. The molecule has 1 aromatic heterocycles. The summed E-state index contributed by atoms with van der Waals surface area (Å²) >= 11 is 0. The second kappa shape index (κ2) is 17.4. The number of ether oxygens (including phenoxy) is 2. The van der Waals surface area contributed by atoms with Gasteiger partial charge in [-0.05, 0) is 39.1 Å². The van der Waals surface area contributed by atoms with E-state index < -0.39 is 15.3 Å². The van der Waals surface area contributed by atoms with E-state index in [9.17, 15) is 13.2 Å². The highest BCUT2D eigenvalue weighted by atomic mass is 32.2. The minimum Gasteiger partial charge on any atom is -0.494 e. The molecular formula is C28H48N6O6S. The van der Waals surface area contributed by atoms with Crippen LogP contribution >= 0.6 is 0 Å². The number of likely N-dealkylation sites (N-methyl/N-ethyl adjacent to an activating group) is 2. The summed E-state index contributed by atoms with van der Waals surface area (Å²) in [5, 5.41) is 15.4. The number of aryl methyl sites for hydroxylation is 2. The molecule has 0 saturated heterocycles. The average Bonchev–Trinajstić information content (AvgIpc) is 3.28. The molecule has 1 amide bonds. The van der Waals surface area contributed by atoms with E-state index in [1.54, 1.807) is 19.2 Å². The molecule has 1 unspecified atom stereocenters. The summed E-state index contributed by atoms with van der Waals surface area (Å²) in [7, 11) is -1.98. The lowest BCUT2D eigenvalue weighted by atomic mass is 10.0. The van der Waals surface area contributed by atoms with Crippen LogP contribution in [-0.2, 0) is 33.0 Å². The van der Waals surface area contributed by atoms with Crippen LogP contribution in [0.2, 0.25) is 0 Å². The van der Waals surface area contributed by atoms with Crippen molar-refractivity contribution in [2.75, 3.05) is 65.7 Å². The van der Waals surface area contributed by atoms with Gasteiger partial charge in [0.25, 0.3) is 5.91 Å². The highest BCUT2D eigenvalue weighted by Crippen LogP contribution is 2.27. The Bertz CT molecular complexity index is 1160. The second-order valence-corrected chi connectivity index (χ2v) is 11.8. The van der Waals surface area contributed by atoms with Crippen molar-refractivity contribution in [3.8, 4) is 0 Å². The molecule has 12 nitrogen and oxygen atoms in total. The van der Waals surface area contributed by atoms with Gasteiger partial charge in [0.1, 0.15) is 11.4 Å². The monoisotopic (exact) mass is 596 g/mol. The van der Waals surface area contributed by atoms with Gasteiger partial charge in [-0.1, -0.05) is 33.3 Å². The second-order valence-electron chi connectivity index (χ2n) is 9.63. The molecule has 0 radical (unpaired) electrons. The van der Waals surface area contributed by atoms with Gasteiger partial charge in [-0.3, -0.25) is 14.5 Å². The predicted molar refractivity (Wildman–Crippen MR) is 161 cm³/mol. The molecule has 0 spiro atoms. The van der Waals surface area contributed by atoms with E-state index in [1.165, 1.54) is 8.99 Å². The number of carbonyl (C=O) groups excluding carboxylic acids is 1. The number of amides is 1. The molecule has 1 aromatic rings. The average molecular weight is 597 g/mol. The van der Waals surface area contributed by atoms with Gasteiger partial charge in [0.15, 0.2) is 5.69 Å². The maximum atomic E-state index is 13.7. The van der Waals surface area contributed by atoms with Gasteiger partial charge in [-0.25, -0.2) is 12.7 Å². The molecule has 1 aliphatic rings. The van der Waals surface area contributed by atoms with Gasteiger partial charge in [0.05, 0.1) is 37.4 Å². The zero-order valence-electron chi connectivity index (χ0n) is 25.3. The van der Waals surface area contributed by atoms with E-state index in [-0.39, 0.29) is 32.1 Å². The fraction of sp³-hybridized carbons (Fsp3) is 0.679. The Labute approximate surface area is 245 Å². The van der Waals surface area contributed by atoms with Gasteiger partial charge in [0, 0.05) is 45.3 Å². The van der Waals surface area contributed by atoms with E-state index in [0.29, 0.717) is 74.2 Å². The first kappa shape index (κ1) is 34.6. The van der Waals surface area contributed by atoms with E-state index in [4.69, 9.17) is 14.6 Å². The van der Waals surface area contributed by atoms with Crippen molar-refractivity contribution in [3.05, 3.63) is 34.9 Å². The lowest BCUT2D eigenvalue weighted by Crippen LogP contribution is -2.43. The van der Waals surface area contributed by atoms with Crippen LogP contribution in [0.1, 0.15) is 56.7 Å². The molecule has 2 N–H and O–H groups in total. The van der Waals surface area contributed by atoms with Crippen molar-refractivity contribution >= 4 is 28.3 Å². The normalized spacial score (nSPS) is 15.7. The molecule has 1 atom stereocenters. The summed E-state index contributed by atoms with van der Waals surface area (Å²) in [5.41, 5.74) is 2.10. The van der Waals surface area contributed by atoms with E-state index >= 15 is 0 Å². The SMILES string of the molecule is C=Nc1c(CCC)nn(C)c1C(=O)NCC1=CC(S(=O)(=O)N(CC)CCN(CC)CCOCCO)CC=C1OCC. The van der Waals surface area contributed by atoms with Crippen LogP contribution in [0.5, 0.6) is 0 Å². The van der Waals surface area contributed by atoms with Crippen molar-refractivity contribution in [2.24, 2.45) is 12.0 Å². The zero-order chi connectivity index (χ0) is 30.4. The number of rotatable bonds is 20. The molecule has 2 rings (SSSR count). The summed E-state index contributed by atoms with van der Waals surface area (Å²) in [5.74, 6) is 0.199. The van der Waals surface area contributed by atoms with E-state index in [2.05, 4.69) is 27.0 Å². The van der Waals surface area contributed by atoms with Gasteiger partial charge in [0.2, 0.25) is 10.0 Å². The van der Waals surface area contributed by atoms with Crippen LogP contribution in [0.3, 0.4) is 0 Å². The molecule has 232 valence electrons. The molecule has 0 fully saturated rings. The Morgan fingerprint density at radius 2 is 1.98 bits per heavy atom. The standard InChI is InChI=1S/C28H48N6O6S/c1-7-11-24-26(29-5)27(32(6)31-24)28(36)30-21-22-20-23(12-13-25(22)40-10-4)41(37,38)34(9-3)15-14-33(8-2)16-18-39-19-17-35/h13,20,23,35H,5,7-12,14-19,21H2,1-4,6H3,(H,30,36). The number of aromatic nitrogens is 2. The van der Waals surface area contributed by atoms with Gasteiger partial charge in [-0.15, -0.1) is 0 Å². The Morgan fingerprint density at radius 3 is 2.59 bits per heavy atom. The van der Waals surface area contributed by atoms with Crippen LogP contribution < -0.4 is 5.32 Å². The van der Waals surface area contributed by atoms with Crippen molar-refractivity contribution in [1.82, 2.24) is 24.3 Å². The van der Waals surface area contributed by atoms with Crippen molar-refractivity contribution < 1.29 is 27.8 Å². The fourth-order valence-electron chi connectivity index (χ4n) is 4.74. The van der Waals surface area contributed by atoms with E-state index in [1.807, 2.05) is 27.7 Å². The first-order chi connectivity index (χ1) is 19.7. The molecular weight excluding hydrogens is 548 g/mol. The highest BCUT2D eigenvalue weighted by Gasteiger charge is 2.32. The van der Waals surface area contributed by atoms with Crippen molar-refractivity contribution in [3.63, 3.8) is 0 Å².